The van der Waals surface area contributed by atoms with E-state index in [4.69, 9.17) is 9.47 Å². The first kappa shape index (κ1) is 20.2. The number of nitrogens with one attached hydrogen (secondary N) is 1. The molecule has 0 saturated heterocycles. The molecule has 3 rings (SSSR count). The highest BCUT2D eigenvalue weighted by Gasteiger charge is 2.18. The fourth-order valence-corrected chi connectivity index (χ4v) is 3.14. The van der Waals surface area contributed by atoms with Gasteiger partial charge in [0, 0.05) is 11.1 Å². The van der Waals surface area contributed by atoms with Crippen LogP contribution in [0.4, 0.5) is 0 Å². The maximum absolute atomic E-state index is 13.2. The Bertz CT molecular complexity index is 978. The second-order valence-corrected chi connectivity index (χ2v) is 6.63. The average molecular weight is 387 g/mol. The van der Waals surface area contributed by atoms with Gasteiger partial charge in [0.05, 0.1) is 20.3 Å². The molecule has 0 radical (unpaired) electrons. The summed E-state index contributed by atoms with van der Waals surface area (Å²) in [7, 11) is 3.26. The van der Waals surface area contributed by atoms with Crippen LogP contribution in [-0.4, -0.2) is 20.1 Å². The smallest absolute Gasteiger partial charge is 0.252 e. The lowest BCUT2D eigenvalue weighted by atomic mass is 10.0. The van der Waals surface area contributed by atoms with E-state index in [1.165, 1.54) is 0 Å². The molecule has 1 amide bonds. The Morgan fingerprint density at radius 1 is 0.862 bits per heavy atom. The summed E-state index contributed by atoms with van der Waals surface area (Å²) >= 11 is 0. The van der Waals surface area contributed by atoms with Gasteiger partial charge in [-0.2, -0.15) is 0 Å². The molecule has 0 aliphatic rings. The third kappa shape index (κ3) is 5.05. The number of carbonyl (C=O) groups excluding carboxylic acids is 1. The highest BCUT2D eigenvalue weighted by atomic mass is 16.5. The third-order valence-corrected chi connectivity index (χ3v) is 4.71. The summed E-state index contributed by atoms with van der Waals surface area (Å²) in [5.74, 6) is 1.38. The monoisotopic (exact) mass is 387 g/mol. The largest absolute Gasteiger partial charge is 0.497 e. The molecule has 1 unspecified atom stereocenters. The van der Waals surface area contributed by atoms with Crippen molar-refractivity contribution in [3.8, 4) is 11.5 Å². The number of hydrogen-bond donors (Lipinski definition) is 1. The number of methoxy groups -OCH3 is 2. The van der Waals surface area contributed by atoms with Gasteiger partial charge in [-0.05, 0) is 42.3 Å². The van der Waals surface area contributed by atoms with Crippen LogP contribution in [0.2, 0.25) is 0 Å². The molecular weight excluding hydrogens is 362 g/mol. The lowest BCUT2D eigenvalue weighted by Crippen LogP contribution is -2.27. The number of para-hydroxylation sites is 1. The van der Waals surface area contributed by atoms with Crippen molar-refractivity contribution in [3.63, 3.8) is 0 Å². The number of amides is 1. The highest BCUT2D eigenvalue weighted by Crippen LogP contribution is 2.26. The van der Waals surface area contributed by atoms with Gasteiger partial charge in [0.1, 0.15) is 11.5 Å². The fraction of sp³-hybridized carbons (Fsp3) is 0.160. The molecule has 0 aliphatic carbocycles. The Hall–Kier alpha value is -3.53. The number of hydrogen-bond acceptors (Lipinski definition) is 3. The van der Waals surface area contributed by atoms with Gasteiger partial charge in [0.2, 0.25) is 0 Å². The molecule has 0 heterocycles. The molecule has 3 aromatic carbocycles. The summed E-state index contributed by atoms with van der Waals surface area (Å²) < 4.78 is 10.7. The summed E-state index contributed by atoms with van der Waals surface area (Å²) in [6, 6.07) is 24.8. The van der Waals surface area contributed by atoms with Gasteiger partial charge >= 0.3 is 0 Å². The summed E-state index contributed by atoms with van der Waals surface area (Å²) in [6.07, 6.45) is 1.89. The molecule has 3 aromatic rings. The van der Waals surface area contributed by atoms with Crippen LogP contribution in [0, 0.1) is 0 Å². The molecule has 4 heteroatoms. The molecule has 0 fully saturated rings. The van der Waals surface area contributed by atoms with Crippen molar-refractivity contribution in [1.29, 1.82) is 0 Å². The van der Waals surface area contributed by atoms with E-state index in [0.717, 1.165) is 28.2 Å². The Morgan fingerprint density at radius 3 is 2.17 bits per heavy atom. The van der Waals surface area contributed by atoms with E-state index in [-0.39, 0.29) is 11.9 Å². The molecule has 1 atom stereocenters. The molecule has 0 spiro atoms. The standard InChI is InChI=1S/C25H25NO3/c1-18(22-11-7-8-12-24(22)29-3)26-25(27)23(20-9-5-4-6-10-20)17-19-13-15-21(28-2)16-14-19/h4-18H,1-3H3,(H,26,27)/b23-17+. The van der Waals surface area contributed by atoms with Crippen molar-refractivity contribution in [2.75, 3.05) is 14.2 Å². The second kappa shape index (κ2) is 9.60. The first-order valence-electron chi connectivity index (χ1n) is 9.47. The first-order valence-corrected chi connectivity index (χ1v) is 9.47. The van der Waals surface area contributed by atoms with E-state index < -0.39 is 0 Å². The highest BCUT2D eigenvalue weighted by molar-refractivity contribution is 6.24. The summed E-state index contributed by atoms with van der Waals surface area (Å²) in [5, 5.41) is 3.10. The Morgan fingerprint density at radius 2 is 1.52 bits per heavy atom. The zero-order chi connectivity index (χ0) is 20.6. The maximum Gasteiger partial charge on any atom is 0.252 e. The number of carbonyl (C=O) groups is 1. The Kier molecular flexibility index (Phi) is 6.69. The summed E-state index contributed by atoms with van der Waals surface area (Å²) in [6.45, 7) is 1.95. The second-order valence-electron chi connectivity index (χ2n) is 6.63. The zero-order valence-electron chi connectivity index (χ0n) is 16.9. The van der Waals surface area contributed by atoms with Crippen molar-refractivity contribution in [3.05, 3.63) is 95.6 Å². The number of ether oxygens (including phenoxy) is 2. The number of rotatable bonds is 7. The third-order valence-electron chi connectivity index (χ3n) is 4.71. The van der Waals surface area contributed by atoms with E-state index >= 15 is 0 Å². The average Bonchev–Trinajstić information content (AvgIpc) is 2.78. The van der Waals surface area contributed by atoms with Crippen molar-refractivity contribution in [2.24, 2.45) is 0 Å². The number of benzene rings is 3. The van der Waals surface area contributed by atoms with Gasteiger partial charge in [-0.15, -0.1) is 0 Å². The van der Waals surface area contributed by atoms with Crippen LogP contribution in [0.15, 0.2) is 78.9 Å². The zero-order valence-corrected chi connectivity index (χ0v) is 16.9. The molecule has 4 nitrogen and oxygen atoms in total. The van der Waals surface area contributed by atoms with Gasteiger partial charge in [0.15, 0.2) is 0 Å². The van der Waals surface area contributed by atoms with Gasteiger partial charge in [-0.1, -0.05) is 60.7 Å². The normalized spacial score (nSPS) is 12.2. The molecule has 148 valence electrons. The molecule has 0 aliphatic heterocycles. The molecular formula is C25H25NO3. The van der Waals surface area contributed by atoms with Crippen LogP contribution >= 0.6 is 0 Å². The minimum atomic E-state index is -0.207. The topological polar surface area (TPSA) is 47.6 Å². The maximum atomic E-state index is 13.2. The molecule has 0 bridgehead atoms. The molecule has 0 saturated carbocycles. The predicted octanol–water partition coefficient (Wildman–Crippen LogP) is 5.12. The van der Waals surface area contributed by atoms with Crippen LogP contribution < -0.4 is 14.8 Å². The molecule has 29 heavy (non-hydrogen) atoms. The lowest BCUT2D eigenvalue weighted by Gasteiger charge is -2.18. The van der Waals surface area contributed by atoms with Gasteiger partial charge in [-0.25, -0.2) is 0 Å². The first-order chi connectivity index (χ1) is 14.1. The van der Waals surface area contributed by atoms with Gasteiger partial charge in [0.25, 0.3) is 5.91 Å². The minimum absolute atomic E-state index is 0.148. The van der Waals surface area contributed by atoms with Crippen molar-refractivity contribution in [2.45, 2.75) is 13.0 Å². The van der Waals surface area contributed by atoms with E-state index in [9.17, 15) is 4.79 Å². The Balaban J connectivity index is 1.91. The van der Waals surface area contributed by atoms with Crippen molar-refractivity contribution < 1.29 is 14.3 Å². The van der Waals surface area contributed by atoms with Crippen molar-refractivity contribution in [1.82, 2.24) is 5.32 Å². The predicted molar refractivity (Wildman–Crippen MR) is 117 cm³/mol. The fourth-order valence-electron chi connectivity index (χ4n) is 3.14. The van der Waals surface area contributed by atoms with E-state index in [0.29, 0.717) is 5.57 Å². The molecule has 1 N–H and O–H groups in total. The Labute approximate surface area is 171 Å². The lowest BCUT2D eigenvalue weighted by molar-refractivity contribution is -0.116. The van der Waals surface area contributed by atoms with Gasteiger partial charge in [-0.3, -0.25) is 4.79 Å². The van der Waals surface area contributed by atoms with Crippen LogP contribution in [0.25, 0.3) is 11.6 Å². The van der Waals surface area contributed by atoms with E-state index in [1.54, 1.807) is 14.2 Å². The summed E-state index contributed by atoms with van der Waals surface area (Å²) in [4.78, 5) is 13.2. The van der Waals surface area contributed by atoms with Crippen LogP contribution in [0.5, 0.6) is 11.5 Å². The van der Waals surface area contributed by atoms with Crippen LogP contribution in [0.3, 0.4) is 0 Å². The quantitative estimate of drug-likeness (QED) is 0.452. The van der Waals surface area contributed by atoms with Gasteiger partial charge < -0.3 is 14.8 Å². The molecule has 0 aromatic heterocycles. The SMILES string of the molecule is COc1ccc(/C=C(/C(=O)NC(C)c2ccccc2OC)c2ccccc2)cc1. The van der Waals surface area contributed by atoms with Crippen molar-refractivity contribution >= 4 is 17.6 Å². The van der Waals surface area contributed by atoms with E-state index in [1.807, 2.05) is 91.9 Å². The van der Waals surface area contributed by atoms with Crippen LogP contribution in [-0.2, 0) is 4.79 Å². The van der Waals surface area contributed by atoms with Crippen LogP contribution in [0.1, 0.15) is 29.7 Å². The minimum Gasteiger partial charge on any atom is -0.497 e. The summed E-state index contributed by atoms with van der Waals surface area (Å²) in [5.41, 5.74) is 3.30. The van der Waals surface area contributed by atoms with E-state index in [2.05, 4.69) is 5.32 Å².